The molecule has 2 aromatic rings. The van der Waals surface area contributed by atoms with Gasteiger partial charge in [0.05, 0.1) is 6.10 Å². The summed E-state index contributed by atoms with van der Waals surface area (Å²) >= 11 is 0. The summed E-state index contributed by atoms with van der Waals surface area (Å²) in [7, 11) is 0. The standard InChI is InChI=1S/C20H25N3O3/c1-15(25-17-7-4-2-3-5-8-17)20(24)22-16-10-12-18(13-11-16)26-19-9-6-14-21-23-19/h6,9-15,17H,2-5,7-8H2,1H3,(H,22,24). The molecule has 138 valence electrons. The number of rotatable bonds is 6. The van der Waals surface area contributed by atoms with Gasteiger partial charge in [-0.15, -0.1) is 5.10 Å². The molecule has 1 aromatic heterocycles. The highest BCUT2D eigenvalue weighted by Crippen LogP contribution is 2.23. The third kappa shape index (κ3) is 5.52. The summed E-state index contributed by atoms with van der Waals surface area (Å²) in [6.45, 7) is 1.81. The van der Waals surface area contributed by atoms with Crippen molar-refractivity contribution in [3.05, 3.63) is 42.6 Å². The van der Waals surface area contributed by atoms with Gasteiger partial charge >= 0.3 is 0 Å². The molecule has 1 unspecified atom stereocenters. The summed E-state index contributed by atoms with van der Waals surface area (Å²) in [5.41, 5.74) is 0.706. The van der Waals surface area contributed by atoms with Crippen LogP contribution in [0.2, 0.25) is 0 Å². The normalized spacial score (nSPS) is 16.5. The van der Waals surface area contributed by atoms with Crippen molar-refractivity contribution in [1.82, 2.24) is 10.2 Å². The lowest BCUT2D eigenvalue weighted by Gasteiger charge is -2.20. The number of aromatic nitrogens is 2. The number of carbonyl (C=O) groups is 1. The van der Waals surface area contributed by atoms with Crippen LogP contribution >= 0.6 is 0 Å². The maximum absolute atomic E-state index is 12.4. The van der Waals surface area contributed by atoms with Crippen LogP contribution in [0.15, 0.2) is 42.6 Å². The van der Waals surface area contributed by atoms with Gasteiger partial charge in [0.25, 0.3) is 5.91 Å². The number of hydrogen-bond acceptors (Lipinski definition) is 5. The van der Waals surface area contributed by atoms with Crippen LogP contribution in [-0.2, 0) is 9.53 Å². The third-order valence-corrected chi connectivity index (χ3v) is 4.46. The number of nitrogens with one attached hydrogen (secondary N) is 1. The summed E-state index contributed by atoms with van der Waals surface area (Å²) in [5, 5.41) is 10.5. The zero-order valence-corrected chi connectivity index (χ0v) is 15.1. The molecule has 1 fully saturated rings. The second-order valence-electron chi connectivity index (χ2n) is 6.57. The summed E-state index contributed by atoms with van der Waals surface area (Å²) in [5.74, 6) is 0.929. The molecular weight excluding hydrogens is 330 g/mol. The van der Waals surface area contributed by atoms with Gasteiger partial charge in [-0.05, 0) is 50.1 Å². The van der Waals surface area contributed by atoms with Gasteiger partial charge in [-0.1, -0.05) is 25.7 Å². The Morgan fingerprint density at radius 1 is 1.12 bits per heavy atom. The fourth-order valence-corrected chi connectivity index (χ4v) is 3.04. The van der Waals surface area contributed by atoms with Crippen LogP contribution in [0.25, 0.3) is 0 Å². The first-order valence-electron chi connectivity index (χ1n) is 9.22. The predicted octanol–water partition coefficient (Wildman–Crippen LogP) is 4.34. The molecule has 1 aromatic carbocycles. The Morgan fingerprint density at radius 3 is 2.50 bits per heavy atom. The van der Waals surface area contributed by atoms with Gasteiger partial charge in [0.2, 0.25) is 5.88 Å². The highest BCUT2D eigenvalue weighted by atomic mass is 16.5. The van der Waals surface area contributed by atoms with E-state index in [0.29, 0.717) is 17.3 Å². The number of hydrogen-bond donors (Lipinski definition) is 1. The maximum atomic E-state index is 12.4. The van der Waals surface area contributed by atoms with Crippen LogP contribution < -0.4 is 10.1 Å². The van der Waals surface area contributed by atoms with Crippen molar-refractivity contribution < 1.29 is 14.3 Å². The van der Waals surface area contributed by atoms with Crippen LogP contribution in [0.3, 0.4) is 0 Å². The summed E-state index contributed by atoms with van der Waals surface area (Å²) < 4.78 is 11.5. The smallest absolute Gasteiger partial charge is 0.253 e. The Balaban J connectivity index is 1.50. The molecule has 6 nitrogen and oxygen atoms in total. The van der Waals surface area contributed by atoms with Crippen LogP contribution in [-0.4, -0.2) is 28.3 Å². The molecule has 1 aliphatic carbocycles. The first kappa shape index (κ1) is 18.3. The van der Waals surface area contributed by atoms with Gasteiger partial charge in [-0.25, -0.2) is 0 Å². The summed E-state index contributed by atoms with van der Waals surface area (Å²) in [4.78, 5) is 12.4. The number of anilines is 1. The molecule has 1 heterocycles. The minimum Gasteiger partial charge on any atom is -0.438 e. The Hall–Kier alpha value is -2.47. The van der Waals surface area contributed by atoms with Crippen LogP contribution in [0.5, 0.6) is 11.6 Å². The highest BCUT2D eigenvalue weighted by molar-refractivity contribution is 5.93. The van der Waals surface area contributed by atoms with Crippen molar-refractivity contribution >= 4 is 11.6 Å². The number of nitrogens with zero attached hydrogens (tertiary/aromatic N) is 2. The van der Waals surface area contributed by atoms with Gasteiger partial charge in [0, 0.05) is 18.0 Å². The van der Waals surface area contributed by atoms with E-state index in [0.717, 1.165) is 12.8 Å². The molecule has 1 saturated carbocycles. The topological polar surface area (TPSA) is 73.3 Å². The summed E-state index contributed by atoms with van der Waals surface area (Å²) in [6, 6.07) is 10.6. The van der Waals surface area contributed by atoms with Crippen LogP contribution in [0, 0.1) is 0 Å². The SMILES string of the molecule is CC(OC1CCCCCC1)C(=O)Nc1ccc(Oc2cccnn2)cc1. The Bertz CT molecular complexity index is 683. The van der Waals surface area contributed by atoms with Crippen molar-refractivity contribution in [3.8, 4) is 11.6 Å². The van der Waals surface area contributed by atoms with E-state index in [9.17, 15) is 4.79 Å². The Labute approximate surface area is 153 Å². The molecule has 0 bridgehead atoms. The maximum Gasteiger partial charge on any atom is 0.253 e. The molecule has 0 radical (unpaired) electrons. The first-order valence-corrected chi connectivity index (χ1v) is 9.22. The number of amides is 1. The van der Waals surface area contributed by atoms with E-state index in [4.69, 9.17) is 9.47 Å². The van der Waals surface area contributed by atoms with E-state index in [2.05, 4.69) is 15.5 Å². The molecular formula is C20H25N3O3. The Morgan fingerprint density at radius 2 is 1.85 bits per heavy atom. The number of ether oxygens (including phenoxy) is 2. The van der Waals surface area contributed by atoms with Crippen molar-refractivity contribution in [3.63, 3.8) is 0 Å². The van der Waals surface area contributed by atoms with Crippen molar-refractivity contribution in [2.45, 2.75) is 57.7 Å². The molecule has 0 aliphatic heterocycles. The molecule has 0 saturated heterocycles. The largest absolute Gasteiger partial charge is 0.438 e. The Kier molecular flexibility index (Phi) is 6.55. The lowest BCUT2D eigenvalue weighted by molar-refractivity contribution is -0.130. The molecule has 1 amide bonds. The zero-order valence-electron chi connectivity index (χ0n) is 15.1. The molecule has 6 heteroatoms. The molecule has 1 atom stereocenters. The monoisotopic (exact) mass is 355 g/mol. The van der Waals surface area contributed by atoms with Crippen LogP contribution in [0.4, 0.5) is 5.69 Å². The van der Waals surface area contributed by atoms with E-state index < -0.39 is 6.10 Å². The quantitative estimate of drug-likeness (QED) is 0.781. The van der Waals surface area contributed by atoms with Crippen molar-refractivity contribution in [2.24, 2.45) is 0 Å². The fraction of sp³-hybridized carbons (Fsp3) is 0.450. The minimum atomic E-state index is -0.464. The summed E-state index contributed by atoms with van der Waals surface area (Å²) in [6.07, 6.45) is 8.32. The average molecular weight is 355 g/mol. The van der Waals surface area contributed by atoms with E-state index in [1.54, 1.807) is 42.6 Å². The second-order valence-corrected chi connectivity index (χ2v) is 6.57. The molecule has 26 heavy (non-hydrogen) atoms. The van der Waals surface area contributed by atoms with Gasteiger partial charge in [-0.3, -0.25) is 4.79 Å². The lowest BCUT2D eigenvalue weighted by Crippen LogP contribution is -2.31. The van der Waals surface area contributed by atoms with Crippen molar-refractivity contribution in [1.29, 1.82) is 0 Å². The minimum absolute atomic E-state index is 0.128. The predicted molar refractivity (Wildman–Crippen MR) is 99.2 cm³/mol. The van der Waals surface area contributed by atoms with Gasteiger partial charge in [0.15, 0.2) is 0 Å². The van der Waals surface area contributed by atoms with E-state index >= 15 is 0 Å². The molecule has 3 rings (SSSR count). The van der Waals surface area contributed by atoms with Crippen molar-refractivity contribution in [2.75, 3.05) is 5.32 Å². The number of benzene rings is 1. The molecule has 1 aliphatic rings. The van der Waals surface area contributed by atoms with Gasteiger partial charge in [0.1, 0.15) is 11.9 Å². The second kappa shape index (κ2) is 9.29. The average Bonchev–Trinajstić information content (AvgIpc) is 2.93. The van der Waals surface area contributed by atoms with Gasteiger partial charge in [-0.2, -0.15) is 5.10 Å². The molecule has 0 spiro atoms. The van der Waals surface area contributed by atoms with E-state index in [1.165, 1.54) is 25.7 Å². The molecule has 1 N–H and O–H groups in total. The van der Waals surface area contributed by atoms with Gasteiger partial charge < -0.3 is 14.8 Å². The van der Waals surface area contributed by atoms with E-state index in [-0.39, 0.29) is 12.0 Å². The zero-order chi connectivity index (χ0) is 18.2. The third-order valence-electron chi connectivity index (χ3n) is 4.46. The van der Waals surface area contributed by atoms with E-state index in [1.807, 2.05) is 6.92 Å². The first-order chi connectivity index (χ1) is 12.7. The number of carbonyl (C=O) groups excluding carboxylic acids is 1. The lowest BCUT2D eigenvalue weighted by atomic mass is 10.1. The van der Waals surface area contributed by atoms with Crippen LogP contribution in [0.1, 0.15) is 45.4 Å². The highest BCUT2D eigenvalue weighted by Gasteiger charge is 2.20. The fourth-order valence-electron chi connectivity index (χ4n) is 3.04.